The summed E-state index contributed by atoms with van der Waals surface area (Å²) in [4.78, 5) is 11.3. The van der Waals surface area contributed by atoms with Crippen LogP contribution in [0.15, 0.2) is 18.2 Å². The van der Waals surface area contributed by atoms with Gasteiger partial charge in [0.1, 0.15) is 0 Å². The Hall–Kier alpha value is -2.02. The molecule has 0 N–H and O–H groups in total. The van der Waals surface area contributed by atoms with Crippen LogP contribution in [0.1, 0.15) is 37.6 Å². The number of nitriles is 1. The van der Waals surface area contributed by atoms with Crippen LogP contribution in [0.25, 0.3) is 0 Å². The van der Waals surface area contributed by atoms with Crippen LogP contribution < -0.4 is 9.47 Å². The molecule has 1 aromatic rings. The molecule has 0 saturated heterocycles. The fourth-order valence-corrected chi connectivity index (χ4v) is 1.48. The van der Waals surface area contributed by atoms with Gasteiger partial charge in [0.2, 0.25) is 0 Å². The highest BCUT2D eigenvalue weighted by molar-refractivity contribution is 5.94. The van der Waals surface area contributed by atoms with Gasteiger partial charge in [-0.15, -0.1) is 0 Å². The first kappa shape index (κ1) is 15.0. The second kappa shape index (κ2) is 6.24. The number of carbonyl (C=O) groups excluding carboxylic acids is 1. The number of rotatable bonds is 6. The summed E-state index contributed by atoms with van der Waals surface area (Å²) in [7, 11) is 1.53. The smallest absolute Gasteiger partial charge is 0.161 e. The molecule has 19 heavy (non-hydrogen) atoms. The van der Waals surface area contributed by atoms with Gasteiger partial charge in [-0.05, 0) is 45.4 Å². The van der Waals surface area contributed by atoms with Gasteiger partial charge in [-0.3, -0.25) is 4.79 Å². The Bertz CT molecular complexity index is 501. The van der Waals surface area contributed by atoms with E-state index in [1.54, 1.807) is 18.2 Å². The SMILES string of the molecule is COc1cc(C(C)=O)ccc1OCCC(C)(C)C#N. The van der Waals surface area contributed by atoms with Gasteiger partial charge in [-0.2, -0.15) is 5.26 Å². The molecule has 0 aliphatic rings. The molecular formula is C15H19NO3. The summed E-state index contributed by atoms with van der Waals surface area (Å²) in [5.74, 6) is 1.10. The Kier molecular flexibility index (Phi) is 4.94. The van der Waals surface area contributed by atoms with Crippen molar-refractivity contribution in [2.45, 2.75) is 27.2 Å². The third-order valence-corrected chi connectivity index (χ3v) is 2.86. The zero-order chi connectivity index (χ0) is 14.5. The first-order valence-corrected chi connectivity index (χ1v) is 6.12. The van der Waals surface area contributed by atoms with Crippen molar-refractivity contribution in [2.24, 2.45) is 5.41 Å². The van der Waals surface area contributed by atoms with Crippen LogP contribution in [0, 0.1) is 16.7 Å². The van der Waals surface area contributed by atoms with Crippen molar-refractivity contribution in [1.82, 2.24) is 0 Å². The van der Waals surface area contributed by atoms with Crippen LogP contribution >= 0.6 is 0 Å². The second-order valence-corrected chi connectivity index (χ2v) is 5.02. The number of ether oxygens (including phenoxy) is 2. The number of benzene rings is 1. The fraction of sp³-hybridized carbons (Fsp3) is 0.467. The zero-order valence-corrected chi connectivity index (χ0v) is 11.8. The van der Waals surface area contributed by atoms with Crippen molar-refractivity contribution in [2.75, 3.05) is 13.7 Å². The summed E-state index contributed by atoms with van der Waals surface area (Å²) in [5, 5.41) is 8.92. The van der Waals surface area contributed by atoms with Gasteiger partial charge < -0.3 is 9.47 Å². The topological polar surface area (TPSA) is 59.3 Å². The van der Waals surface area contributed by atoms with E-state index in [4.69, 9.17) is 14.7 Å². The van der Waals surface area contributed by atoms with E-state index < -0.39 is 5.41 Å². The summed E-state index contributed by atoms with van der Waals surface area (Å²) in [6.07, 6.45) is 0.626. The molecule has 0 heterocycles. The molecule has 1 aromatic carbocycles. The Morgan fingerprint density at radius 2 is 2.05 bits per heavy atom. The average molecular weight is 261 g/mol. The monoisotopic (exact) mass is 261 g/mol. The maximum atomic E-state index is 11.3. The van der Waals surface area contributed by atoms with Crippen LogP contribution in [0.4, 0.5) is 0 Å². The molecule has 0 bridgehead atoms. The molecule has 0 atom stereocenters. The number of methoxy groups -OCH3 is 1. The summed E-state index contributed by atoms with van der Waals surface area (Å²) in [6, 6.07) is 7.31. The minimum Gasteiger partial charge on any atom is -0.493 e. The largest absolute Gasteiger partial charge is 0.493 e. The zero-order valence-electron chi connectivity index (χ0n) is 11.8. The second-order valence-electron chi connectivity index (χ2n) is 5.02. The van der Waals surface area contributed by atoms with Gasteiger partial charge in [-0.25, -0.2) is 0 Å². The molecule has 0 aliphatic heterocycles. The lowest BCUT2D eigenvalue weighted by Gasteiger charge is -2.16. The summed E-state index contributed by atoms with van der Waals surface area (Å²) < 4.78 is 10.8. The van der Waals surface area contributed by atoms with Crippen molar-refractivity contribution < 1.29 is 14.3 Å². The van der Waals surface area contributed by atoms with E-state index >= 15 is 0 Å². The van der Waals surface area contributed by atoms with Crippen molar-refractivity contribution in [3.05, 3.63) is 23.8 Å². The molecule has 0 fully saturated rings. The summed E-state index contributed by atoms with van der Waals surface area (Å²) in [5.41, 5.74) is 0.175. The van der Waals surface area contributed by atoms with E-state index in [-0.39, 0.29) is 5.78 Å². The van der Waals surface area contributed by atoms with Gasteiger partial charge in [0, 0.05) is 5.56 Å². The summed E-state index contributed by atoms with van der Waals surface area (Å²) >= 11 is 0. The molecule has 4 nitrogen and oxygen atoms in total. The normalized spacial score (nSPS) is 10.7. The molecule has 102 valence electrons. The number of hydrogen-bond donors (Lipinski definition) is 0. The van der Waals surface area contributed by atoms with Crippen LogP contribution in [0.3, 0.4) is 0 Å². The van der Waals surface area contributed by atoms with Gasteiger partial charge in [0.05, 0.1) is 25.2 Å². The predicted octanol–water partition coefficient (Wildman–Crippen LogP) is 3.22. The Labute approximate surface area is 113 Å². The van der Waals surface area contributed by atoms with Crippen molar-refractivity contribution in [3.8, 4) is 17.6 Å². The van der Waals surface area contributed by atoms with Gasteiger partial charge in [0.15, 0.2) is 17.3 Å². The highest BCUT2D eigenvalue weighted by Crippen LogP contribution is 2.29. The third-order valence-electron chi connectivity index (χ3n) is 2.86. The Morgan fingerprint density at radius 1 is 1.37 bits per heavy atom. The molecule has 0 amide bonds. The molecular weight excluding hydrogens is 242 g/mol. The first-order valence-electron chi connectivity index (χ1n) is 6.12. The van der Waals surface area contributed by atoms with E-state index in [1.165, 1.54) is 14.0 Å². The molecule has 4 heteroatoms. The number of nitrogens with zero attached hydrogens (tertiary/aromatic N) is 1. The van der Waals surface area contributed by atoms with Crippen LogP contribution in [-0.4, -0.2) is 19.5 Å². The molecule has 0 aromatic heterocycles. The predicted molar refractivity (Wildman–Crippen MR) is 72.5 cm³/mol. The maximum Gasteiger partial charge on any atom is 0.161 e. The quantitative estimate of drug-likeness (QED) is 0.738. The minimum atomic E-state index is -0.410. The lowest BCUT2D eigenvalue weighted by atomic mass is 9.92. The molecule has 0 unspecified atom stereocenters. The van der Waals surface area contributed by atoms with Gasteiger partial charge in [-0.1, -0.05) is 0 Å². The Balaban J connectivity index is 2.74. The lowest BCUT2D eigenvalue weighted by molar-refractivity contribution is 0.101. The molecule has 1 rings (SSSR count). The fourth-order valence-electron chi connectivity index (χ4n) is 1.48. The number of carbonyl (C=O) groups is 1. The first-order chi connectivity index (χ1) is 8.89. The number of Topliss-reactive ketones (excluding diaryl/α,β-unsaturated/α-hetero) is 1. The van der Waals surface area contributed by atoms with E-state index in [2.05, 4.69) is 6.07 Å². The van der Waals surface area contributed by atoms with Crippen molar-refractivity contribution in [3.63, 3.8) is 0 Å². The van der Waals surface area contributed by atoms with Gasteiger partial charge >= 0.3 is 0 Å². The number of hydrogen-bond acceptors (Lipinski definition) is 4. The van der Waals surface area contributed by atoms with E-state index in [9.17, 15) is 4.79 Å². The lowest BCUT2D eigenvalue weighted by Crippen LogP contribution is -2.13. The van der Waals surface area contributed by atoms with Crippen LogP contribution in [-0.2, 0) is 0 Å². The van der Waals surface area contributed by atoms with Crippen LogP contribution in [0.2, 0.25) is 0 Å². The third kappa shape index (κ3) is 4.29. The highest BCUT2D eigenvalue weighted by atomic mass is 16.5. The summed E-state index contributed by atoms with van der Waals surface area (Å²) in [6.45, 7) is 5.67. The molecule has 0 spiro atoms. The minimum absolute atomic E-state index is 0.0181. The van der Waals surface area contributed by atoms with Crippen LogP contribution in [0.5, 0.6) is 11.5 Å². The maximum absolute atomic E-state index is 11.3. The van der Waals surface area contributed by atoms with Gasteiger partial charge in [0.25, 0.3) is 0 Å². The standard InChI is InChI=1S/C15H19NO3/c1-11(17)12-5-6-13(14(9-12)18-4)19-8-7-15(2,3)10-16/h5-6,9H,7-8H2,1-4H3. The molecule has 0 aliphatic carbocycles. The molecule has 0 saturated carbocycles. The van der Waals surface area contributed by atoms with Crippen molar-refractivity contribution >= 4 is 5.78 Å². The molecule has 0 radical (unpaired) electrons. The highest BCUT2D eigenvalue weighted by Gasteiger charge is 2.17. The Morgan fingerprint density at radius 3 is 2.58 bits per heavy atom. The van der Waals surface area contributed by atoms with E-state index in [0.717, 1.165) is 0 Å². The number of ketones is 1. The van der Waals surface area contributed by atoms with E-state index in [0.29, 0.717) is 30.1 Å². The average Bonchev–Trinajstić information content (AvgIpc) is 2.38. The van der Waals surface area contributed by atoms with Crippen molar-refractivity contribution in [1.29, 1.82) is 5.26 Å². The van der Waals surface area contributed by atoms with E-state index in [1.807, 2.05) is 13.8 Å².